The molecule has 1 aromatic carbocycles. The first-order valence-corrected chi connectivity index (χ1v) is 2.98. The Labute approximate surface area is 116 Å². The molecule has 0 amide bonds. The summed E-state index contributed by atoms with van der Waals surface area (Å²) in [6.45, 7) is 0. The third-order valence-electron chi connectivity index (χ3n) is 1.19. The van der Waals surface area contributed by atoms with Crippen LogP contribution in [0.15, 0.2) is 30.3 Å². The van der Waals surface area contributed by atoms with E-state index in [1.807, 2.05) is 6.07 Å². The zero-order valence-electron chi connectivity index (χ0n) is 7.70. The molecule has 1 aromatic rings. The average molecular weight is 182 g/mol. The maximum atomic E-state index is 10.8. The fraction of sp³-hybridized carbons (Fsp3) is 0.125. The number of hydrogen-bond donors (Lipinski definition) is 0. The number of hydrogen-bond acceptors (Lipinski definition) is 2. The van der Waals surface area contributed by atoms with Crippen molar-refractivity contribution in [2.45, 2.75) is 0 Å². The molecule has 0 N–H and O–H groups in total. The molecule has 0 aliphatic rings. The van der Waals surface area contributed by atoms with E-state index in [0.29, 0.717) is 5.56 Å². The van der Waals surface area contributed by atoms with Crippen molar-refractivity contribution >= 4 is 65.1 Å². The van der Waals surface area contributed by atoms with E-state index in [1.165, 1.54) is 7.11 Å². The van der Waals surface area contributed by atoms with E-state index in [9.17, 15) is 4.79 Å². The molecule has 1 rings (SSSR count). The van der Waals surface area contributed by atoms with Crippen molar-refractivity contribution in [2.75, 3.05) is 7.11 Å². The largest absolute Gasteiger partial charge is 0.465 e. The molecular weight excluding hydrogens is 174 g/mol. The molecule has 0 saturated heterocycles. The molecule has 2 nitrogen and oxygen atoms in total. The Hall–Kier alpha value is 0.690. The predicted molar refractivity (Wildman–Crippen MR) is 49.3 cm³/mol. The minimum absolute atomic E-state index is 0. The fourth-order valence-electron chi connectivity index (χ4n) is 0.692. The summed E-state index contributed by atoms with van der Waals surface area (Å²) in [4.78, 5) is 10.8. The van der Waals surface area contributed by atoms with Crippen molar-refractivity contribution < 1.29 is 9.53 Å². The summed E-state index contributed by atoms with van der Waals surface area (Å²) < 4.78 is 4.50. The van der Waals surface area contributed by atoms with E-state index in [0.717, 1.165) is 0 Å². The van der Waals surface area contributed by atoms with Crippen LogP contribution in [0.4, 0.5) is 0 Å². The van der Waals surface area contributed by atoms with E-state index >= 15 is 0 Å². The quantitative estimate of drug-likeness (QED) is 0.472. The minimum atomic E-state index is -0.291. The maximum absolute atomic E-state index is 10.8. The molecule has 12 heavy (non-hydrogen) atoms. The van der Waals surface area contributed by atoms with Crippen molar-refractivity contribution in [3.63, 3.8) is 0 Å². The number of esters is 1. The molecule has 54 valence electrons. The first-order valence-electron chi connectivity index (χ1n) is 2.98. The third kappa shape index (κ3) is 4.65. The van der Waals surface area contributed by atoms with Crippen LogP contribution in [-0.4, -0.2) is 72.2 Å². The van der Waals surface area contributed by atoms with E-state index < -0.39 is 0 Å². The van der Waals surface area contributed by atoms with E-state index in [4.69, 9.17) is 0 Å². The van der Waals surface area contributed by atoms with Crippen LogP contribution in [0.2, 0.25) is 0 Å². The fourth-order valence-corrected chi connectivity index (χ4v) is 0.692. The van der Waals surface area contributed by atoms with E-state index in [1.54, 1.807) is 24.3 Å². The van der Waals surface area contributed by atoms with Crippen LogP contribution in [0.1, 0.15) is 10.4 Å². The number of benzene rings is 1. The van der Waals surface area contributed by atoms with Gasteiger partial charge < -0.3 is 4.74 Å². The molecule has 0 fully saturated rings. The predicted octanol–water partition coefficient (Wildman–Crippen LogP) is 0.712. The molecule has 0 heterocycles. The molecule has 0 spiro atoms. The summed E-state index contributed by atoms with van der Waals surface area (Å²) in [5, 5.41) is 0. The molecule has 0 atom stereocenters. The van der Waals surface area contributed by atoms with Gasteiger partial charge in [0.15, 0.2) is 0 Å². The van der Waals surface area contributed by atoms with Gasteiger partial charge in [0.2, 0.25) is 0 Å². The Bertz CT molecular complexity index is 224. The maximum Gasteiger partial charge on any atom is 0.337 e. The van der Waals surface area contributed by atoms with Gasteiger partial charge in [0.05, 0.1) is 12.7 Å². The summed E-state index contributed by atoms with van der Waals surface area (Å²) in [6, 6.07) is 8.88. The van der Waals surface area contributed by atoms with Gasteiger partial charge in [-0.3, -0.25) is 0 Å². The monoisotopic (exact) mass is 182 g/mol. The van der Waals surface area contributed by atoms with Gasteiger partial charge in [-0.05, 0) is 12.1 Å². The van der Waals surface area contributed by atoms with Crippen molar-refractivity contribution in [1.29, 1.82) is 0 Å². The molecule has 0 unspecified atom stereocenters. The second-order valence-corrected chi connectivity index (χ2v) is 1.86. The Balaban J connectivity index is 0. The summed E-state index contributed by atoms with van der Waals surface area (Å²) >= 11 is 0. The van der Waals surface area contributed by atoms with Crippen LogP contribution in [0.25, 0.3) is 0 Å². The molecule has 2 radical (unpaired) electrons. The third-order valence-corrected chi connectivity index (χ3v) is 1.19. The van der Waals surface area contributed by atoms with Gasteiger partial charge in [-0.2, -0.15) is 0 Å². The van der Waals surface area contributed by atoms with Crippen LogP contribution in [0.5, 0.6) is 0 Å². The second kappa shape index (κ2) is 8.30. The van der Waals surface area contributed by atoms with Gasteiger partial charge in [0.1, 0.15) is 0 Å². The summed E-state index contributed by atoms with van der Waals surface area (Å²) in [5.74, 6) is -0.291. The van der Waals surface area contributed by atoms with Gasteiger partial charge in [-0.25, -0.2) is 4.79 Å². The van der Waals surface area contributed by atoms with Gasteiger partial charge in [-0.1, -0.05) is 18.2 Å². The Morgan fingerprint density at radius 2 is 1.67 bits per heavy atom. The average Bonchev–Trinajstić information content (AvgIpc) is 2.05. The number of carbonyl (C=O) groups excluding carboxylic acids is 1. The van der Waals surface area contributed by atoms with Crippen LogP contribution in [0.3, 0.4) is 0 Å². The van der Waals surface area contributed by atoms with Crippen LogP contribution >= 0.6 is 0 Å². The summed E-state index contributed by atoms with van der Waals surface area (Å²) in [7, 11) is 1.37. The molecule has 4 heteroatoms. The normalized spacial score (nSPS) is 7.42. The zero-order chi connectivity index (χ0) is 7.40. The standard InChI is InChI=1S/C8H8O2.2Na/c1-10-8(9)7-5-3-2-4-6-7;;/h2-6H,1H3;;. The number of carbonyl (C=O) groups is 1. The van der Waals surface area contributed by atoms with Crippen LogP contribution in [-0.2, 0) is 4.74 Å². The topological polar surface area (TPSA) is 26.3 Å². The van der Waals surface area contributed by atoms with Crippen LogP contribution in [0, 0.1) is 0 Å². The first kappa shape index (κ1) is 15.2. The molecular formula is C8H8Na2O2. The number of methoxy groups -OCH3 is 1. The molecule has 0 aliphatic carbocycles. The van der Waals surface area contributed by atoms with E-state index in [2.05, 4.69) is 4.74 Å². The van der Waals surface area contributed by atoms with Crippen molar-refractivity contribution in [3.05, 3.63) is 35.9 Å². The minimum Gasteiger partial charge on any atom is -0.465 e. The molecule has 0 bridgehead atoms. The van der Waals surface area contributed by atoms with Crippen molar-refractivity contribution in [3.8, 4) is 0 Å². The second-order valence-electron chi connectivity index (χ2n) is 1.86. The van der Waals surface area contributed by atoms with Gasteiger partial charge >= 0.3 is 5.97 Å². The molecule has 0 aliphatic heterocycles. The smallest absolute Gasteiger partial charge is 0.337 e. The molecule has 0 saturated carbocycles. The van der Waals surface area contributed by atoms with Gasteiger partial charge in [-0.15, -0.1) is 0 Å². The van der Waals surface area contributed by atoms with E-state index in [-0.39, 0.29) is 65.1 Å². The summed E-state index contributed by atoms with van der Waals surface area (Å²) in [5.41, 5.74) is 0.588. The van der Waals surface area contributed by atoms with Gasteiger partial charge in [0.25, 0.3) is 0 Å². The Morgan fingerprint density at radius 1 is 1.17 bits per heavy atom. The number of ether oxygens (including phenoxy) is 1. The Kier molecular flexibility index (Phi) is 10.5. The first-order chi connectivity index (χ1) is 4.84. The van der Waals surface area contributed by atoms with Crippen molar-refractivity contribution in [1.82, 2.24) is 0 Å². The SMILES string of the molecule is COC(=O)c1ccccc1.[Na].[Na]. The Morgan fingerprint density at radius 3 is 2.08 bits per heavy atom. The van der Waals surface area contributed by atoms with Crippen molar-refractivity contribution in [2.24, 2.45) is 0 Å². The molecule has 0 aromatic heterocycles. The number of rotatable bonds is 1. The summed E-state index contributed by atoms with van der Waals surface area (Å²) in [6.07, 6.45) is 0. The van der Waals surface area contributed by atoms with Crippen LogP contribution < -0.4 is 0 Å². The zero-order valence-corrected chi connectivity index (χ0v) is 11.7. The van der Waals surface area contributed by atoms with Gasteiger partial charge in [0, 0.05) is 59.1 Å².